The Kier molecular flexibility index (Phi) is 3.47. The van der Waals surface area contributed by atoms with Gasteiger partial charge in [-0.1, -0.05) is 11.2 Å². The molecule has 27 heavy (non-hydrogen) atoms. The molecule has 1 aromatic heterocycles. The van der Waals surface area contributed by atoms with E-state index in [0.29, 0.717) is 16.9 Å². The molecule has 4 rings (SSSR count). The fourth-order valence-electron chi connectivity index (χ4n) is 3.60. The Bertz CT molecular complexity index is 983. The Morgan fingerprint density at radius 1 is 1.30 bits per heavy atom. The summed E-state index contributed by atoms with van der Waals surface area (Å²) in [5.41, 5.74) is 3.09. The number of aliphatic imine (C=N–C) groups is 1. The Hall–Kier alpha value is -2.84. The zero-order valence-electron chi connectivity index (χ0n) is 14.6. The number of rotatable bonds is 2. The second-order valence-corrected chi connectivity index (χ2v) is 7.27. The molecule has 1 aromatic carbocycles. The second kappa shape index (κ2) is 5.34. The van der Waals surface area contributed by atoms with Gasteiger partial charge in [0.1, 0.15) is 5.84 Å². The zero-order valence-corrected chi connectivity index (χ0v) is 14.6. The summed E-state index contributed by atoms with van der Waals surface area (Å²) >= 11 is 0. The third kappa shape index (κ3) is 2.52. The van der Waals surface area contributed by atoms with Crippen molar-refractivity contribution >= 4 is 17.4 Å². The number of amidine groups is 1. The Balaban J connectivity index is 1.68. The number of nitrogens with zero attached hydrogens (tertiary/aromatic N) is 2. The maximum Gasteiger partial charge on any atom is 0.294 e. The maximum atomic E-state index is 14.8. The van der Waals surface area contributed by atoms with Crippen molar-refractivity contribution < 1.29 is 22.5 Å². The van der Waals surface area contributed by atoms with Crippen molar-refractivity contribution in [3.63, 3.8) is 0 Å². The number of benzene rings is 1. The van der Waals surface area contributed by atoms with Gasteiger partial charge in [-0.15, -0.1) is 0 Å². The fourth-order valence-corrected chi connectivity index (χ4v) is 3.60. The van der Waals surface area contributed by atoms with Gasteiger partial charge in [0.05, 0.1) is 12.1 Å². The van der Waals surface area contributed by atoms with Crippen LogP contribution < -0.4 is 11.1 Å². The van der Waals surface area contributed by atoms with E-state index in [1.54, 1.807) is 19.1 Å². The van der Waals surface area contributed by atoms with E-state index in [1.807, 2.05) is 0 Å². The molecule has 1 amide bonds. The summed E-state index contributed by atoms with van der Waals surface area (Å²) in [5, 5.41) is 6.21. The standard InChI is InChI=1S/C18H17F3N4O2/c1-9-5-13(27-25-9)14(26)23-11-4-3-10-7-17(12(10)6-11)18(20,21)8-16(2,19)15(22)24-17/h3-6H,7-8H2,1-2H3,(H2,22,24)(H,23,26)/t16-,17-/m1/s1. The average Bonchev–Trinajstić information content (AvgIpc) is 2.98. The van der Waals surface area contributed by atoms with Gasteiger partial charge < -0.3 is 15.6 Å². The number of halogens is 3. The molecule has 9 heteroatoms. The van der Waals surface area contributed by atoms with Crippen LogP contribution in [-0.2, 0) is 12.0 Å². The predicted molar refractivity (Wildman–Crippen MR) is 91.7 cm³/mol. The number of amides is 1. The number of alkyl halides is 3. The highest BCUT2D eigenvalue weighted by Gasteiger charge is 2.66. The van der Waals surface area contributed by atoms with Crippen molar-refractivity contribution in [1.29, 1.82) is 0 Å². The molecule has 2 atom stereocenters. The number of nitrogens with one attached hydrogen (secondary N) is 1. The molecule has 0 saturated carbocycles. The summed E-state index contributed by atoms with van der Waals surface area (Å²) in [7, 11) is 0. The van der Waals surface area contributed by atoms with Crippen LogP contribution in [0.1, 0.15) is 40.7 Å². The number of carbonyl (C=O) groups is 1. The summed E-state index contributed by atoms with van der Waals surface area (Å²) < 4.78 is 48.8. The van der Waals surface area contributed by atoms with Crippen LogP contribution >= 0.6 is 0 Å². The number of anilines is 1. The van der Waals surface area contributed by atoms with E-state index in [2.05, 4.69) is 15.5 Å². The van der Waals surface area contributed by atoms with Crippen LogP contribution in [0.3, 0.4) is 0 Å². The van der Waals surface area contributed by atoms with Crippen LogP contribution in [-0.4, -0.2) is 28.5 Å². The summed E-state index contributed by atoms with van der Waals surface area (Å²) in [6.45, 7) is 2.67. The molecule has 1 aliphatic carbocycles. The number of aryl methyl sites for hydroxylation is 1. The summed E-state index contributed by atoms with van der Waals surface area (Å²) in [5.74, 6) is -4.40. The number of carbonyl (C=O) groups excluding carboxylic acids is 1. The van der Waals surface area contributed by atoms with Gasteiger partial charge >= 0.3 is 0 Å². The first kappa shape index (κ1) is 17.6. The lowest BCUT2D eigenvalue weighted by molar-refractivity contribution is -0.120. The van der Waals surface area contributed by atoms with Crippen LogP contribution in [0.5, 0.6) is 0 Å². The third-order valence-electron chi connectivity index (χ3n) is 5.12. The predicted octanol–water partition coefficient (Wildman–Crippen LogP) is 3.11. The van der Waals surface area contributed by atoms with Crippen molar-refractivity contribution in [3.8, 4) is 0 Å². The van der Waals surface area contributed by atoms with E-state index in [-0.39, 0.29) is 17.7 Å². The molecule has 0 unspecified atom stereocenters. The first-order chi connectivity index (χ1) is 12.5. The van der Waals surface area contributed by atoms with Crippen molar-refractivity contribution in [2.75, 3.05) is 5.32 Å². The van der Waals surface area contributed by atoms with Crippen molar-refractivity contribution in [2.24, 2.45) is 10.7 Å². The van der Waals surface area contributed by atoms with Crippen molar-refractivity contribution in [1.82, 2.24) is 5.16 Å². The molecule has 0 radical (unpaired) electrons. The molecular formula is C18H17F3N4O2. The molecule has 6 nitrogen and oxygen atoms in total. The van der Waals surface area contributed by atoms with Gasteiger partial charge in [0.2, 0.25) is 5.76 Å². The molecule has 3 N–H and O–H groups in total. The molecule has 2 aromatic rings. The molecular weight excluding hydrogens is 361 g/mol. The van der Waals surface area contributed by atoms with Crippen molar-refractivity contribution in [2.45, 2.75) is 43.8 Å². The lowest BCUT2D eigenvalue weighted by Gasteiger charge is -2.50. The SMILES string of the molecule is Cc1cc(C(=O)Nc2ccc3c(c2)[C@@]2(C3)N=C(N)[C@](C)(F)CC2(F)F)on1. The molecule has 2 heterocycles. The molecule has 1 aliphatic heterocycles. The number of nitrogens with two attached hydrogens (primary N) is 1. The smallest absolute Gasteiger partial charge is 0.294 e. The normalized spacial score (nSPS) is 28.3. The van der Waals surface area contributed by atoms with E-state index in [4.69, 9.17) is 10.3 Å². The second-order valence-electron chi connectivity index (χ2n) is 7.27. The van der Waals surface area contributed by atoms with Crippen LogP contribution in [0.2, 0.25) is 0 Å². The molecule has 2 aliphatic rings. The Labute approximate surface area is 152 Å². The van der Waals surface area contributed by atoms with E-state index in [1.165, 1.54) is 12.1 Å². The lowest BCUT2D eigenvalue weighted by Crippen LogP contribution is -2.61. The third-order valence-corrected chi connectivity index (χ3v) is 5.12. The highest BCUT2D eigenvalue weighted by molar-refractivity contribution is 6.02. The first-order valence-electron chi connectivity index (χ1n) is 8.35. The largest absolute Gasteiger partial charge is 0.385 e. The van der Waals surface area contributed by atoms with Crippen LogP contribution in [0.4, 0.5) is 18.9 Å². The van der Waals surface area contributed by atoms with Gasteiger partial charge in [-0.05, 0) is 37.1 Å². The quantitative estimate of drug-likeness (QED) is 0.840. The molecule has 0 saturated heterocycles. The minimum Gasteiger partial charge on any atom is -0.385 e. The molecule has 142 valence electrons. The highest BCUT2D eigenvalue weighted by atomic mass is 19.3. The minimum absolute atomic E-state index is 0.00311. The maximum absolute atomic E-state index is 14.8. The van der Waals surface area contributed by atoms with E-state index < -0.39 is 35.3 Å². The fraction of sp³-hybridized carbons (Fsp3) is 0.389. The summed E-state index contributed by atoms with van der Waals surface area (Å²) in [6.07, 6.45) is -1.08. The Morgan fingerprint density at radius 2 is 2.04 bits per heavy atom. The van der Waals surface area contributed by atoms with Gasteiger partial charge in [-0.2, -0.15) is 0 Å². The first-order valence-corrected chi connectivity index (χ1v) is 8.35. The van der Waals surface area contributed by atoms with Crippen molar-refractivity contribution in [3.05, 3.63) is 46.8 Å². The van der Waals surface area contributed by atoms with E-state index in [0.717, 1.165) is 6.92 Å². The molecule has 0 fully saturated rings. The summed E-state index contributed by atoms with van der Waals surface area (Å²) in [6, 6.07) is 6.11. The van der Waals surface area contributed by atoms with Crippen LogP contribution in [0.25, 0.3) is 0 Å². The van der Waals surface area contributed by atoms with Gasteiger partial charge in [-0.25, -0.2) is 13.2 Å². The Morgan fingerprint density at radius 3 is 2.70 bits per heavy atom. The van der Waals surface area contributed by atoms with Gasteiger partial charge in [0, 0.05) is 18.2 Å². The molecule has 0 bridgehead atoms. The minimum atomic E-state index is -3.41. The highest BCUT2D eigenvalue weighted by Crippen LogP contribution is 2.57. The monoisotopic (exact) mass is 378 g/mol. The summed E-state index contributed by atoms with van der Waals surface area (Å²) in [4.78, 5) is 16.1. The van der Waals surface area contributed by atoms with Gasteiger partial charge in [0.15, 0.2) is 11.2 Å². The molecule has 1 spiro atoms. The van der Waals surface area contributed by atoms with E-state index in [9.17, 15) is 18.0 Å². The zero-order chi connectivity index (χ0) is 19.6. The lowest BCUT2D eigenvalue weighted by atomic mass is 9.63. The number of hydrogen-bond donors (Lipinski definition) is 2. The average molecular weight is 378 g/mol. The topological polar surface area (TPSA) is 93.5 Å². The van der Waals surface area contributed by atoms with Crippen LogP contribution in [0.15, 0.2) is 33.8 Å². The van der Waals surface area contributed by atoms with Gasteiger partial charge in [0.25, 0.3) is 11.8 Å². The number of fused-ring (bicyclic) bond motifs is 2. The number of aromatic nitrogens is 1. The van der Waals surface area contributed by atoms with Crippen LogP contribution in [0, 0.1) is 6.92 Å². The van der Waals surface area contributed by atoms with E-state index >= 15 is 0 Å². The van der Waals surface area contributed by atoms with Gasteiger partial charge in [-0.3, -0.25) is 9.79 Å². The number of hydrogen-bond acceptors (Lipinski definition) is 5.